The average molecular weight is 233 g/mol. The molecule has 2 rings (SSSR count). The maximum Gasteiger partial charge on any atom is 0.119 e. The summed E-state index contributed by atoms with van der Waals surface area (Å²) in [6.07, 6.45) is 5.25. The van der Waals surface area contributed by atoms with Crippen molar-refractivity contribution in [2.75, 3.05) is 6.61 Å². The molecule has 1 aromatic carbocycles. The van der Waals surface area contributed by atoms with Crippen LogP contribution >= 0.6 is 0 Å². The van der Waals surface area contributed by atoms with E-state index >= 15 is 0 Å². The Morgan fingerprint density at radius 2 is 2.18 bits per heavy atom. The van der Waals surface area contributed by atoms with Gasteiger partial charge in [-0.1, -0.05) is 30.1 Å². The number of hydrogen-bond donors (Lipinski definition) is 1. The van der Waals surface area contributed by atoms with E-state index in [1.54, 1.807) is 6.92 Å². The molecule has 1 N–H and O–H groups in total. The Bertz CT molecular complexity index is 395. The molecule has 0 atom stereocenters. The summed E-state index contributed by atoms with van der Waals surface area (Å²) in [5.41, 5.74) is 1.51. The molecule has 0 bridgehead atoms. The molecule has 0 saturated heterocycles. The van der Waals surface area contributed by atoms with Crippen LogP contribution in [-0.2, 0) is 0 Å². The van der Waals surface area contributed by atoms with Crippen LogP contribution in [0, 0.1) is 5.92 Å². The van der Waals surface area contributed by atoms with Gasteiger partial charge in [-0.25, -0.2) is 0 Å². The molecular formula is C14H19NO2. The third-order valence-corrected chi connectivity index (χ3v) is 3.36. The molecule has 0 aromatic heterocycles. The normalized spacial score (nSPS) is 17.4. The lowest BCUT2D eigenvalue weighted by Crippen LogP contribution is -2.08. The number of benzene rings is 1. The second-order valence-corrected chi connectivity index (χ2v) is 4.67. The fourth-order valence-electron chi connectivity index (χ4n) is 2.26. The zero-order chi connectivity index (χ0) is 12.1. The van der Waals surface area contributed by atoms with E-state index in [2.05, 4.69) is 5.16 Å². The van der Waals surface area contributed by atoms with Gasteiger partial charge in [-0.2, -0.15) is 0 Å². The Morgan fingerprint density at radius 3 is 2.88 bits per heavy atom. The molecule has 92 valence electrons. The van der Waals surface area contributed by atoms with Gasteiger partial charge < -0.3 is 9.94 Å². The zero-order valence-electron chi connectivity index (χ0n) is 10.2. The van der Waals surface area contributed by atoms with Crippen molar-refractivity contribution in [2.45, 2.75) is 32.6 Å². The summed E-state index contributed by atoms with van der Waals surface area (Å²) in [5.74, 6) is 1.57. The summed E-state index contributed by atoms with van der Waals surface area (Å²) >= 11 is 0. The number of ether oxygens (including phenoxy) is 1. The molecular weight excluding hydrogens is 214 g/mol. The zero-order valence-corrected chi connectivity index (χ0v) is 10.2. The number of rotatable bonds is 4. The highest BCUT2D eigenvalue weighted by Crippen LogP contribution is 2.25. The summed E-state index contributed by atoms with van der Waals surface area (Å²) in [4.78, 5) is 0. The number of nitrogens with zero attached hydrogens (tertiary/aromatic N) is 1. The highest BCUT2D eigenvalue weighted by Gasteiger charge is 2.15. The Balaban J connectivity index is 1.96. The van der Waals surface area contributed by atoms with Crippen LogP contribution in [0.25, 0.3) is 0 Å². The van der Waals surface area contributed by atoms with Crippen LogP contribution < -0.4 is 4.74 Å². The van der Waals surface area contributed by atoms with E-state index in [9.17, 15) is 0 Å². The summed E-state index contributed by atoms with van der Waals surface area (Å²) in [6.45, 7) is 2.58. The average Bonchev–Trinajstić information content (AvgIpc) is 2.89. The molecule has 17 heavy (non-hydrogen) atoms. The molecule has 3 nitrogen and oxygen atoms in total. The van der Waals surface area contributed by atoms with Crippen LogP contribution in [0.2, 0.25) is 0 Å². The van der Waals surface area contributed by atoms with E-state index in [0.717, 1.165) is 17.9 Å². The fourth-order valence-corrected chi connectivity index (χ4v) is 2.26. The first-order chi connectivity index (χ1) is 8.29. The van der Waals surface area contributed by atoms with E-state index in [0.29, 0.717) is 11.6 Å². The predicted molar refractivity (Wildman–Crippen MR) is 67.9 cm³/mol. The first-order valence-corrected chi connectivity index (χ1v) is 6.21. The lowest BCUT2D eigenvalue weighted by molar-refractivity contribution is 0.252. The van der Waals surface area contributed by atoms with Crippen molar-refractivity contribution < 1.29 is 9.94 Å². The van der Waals surface area contributed by atoms with E-state index in [4.69, 9.17) is 9.94 Å². The van der Waals surface area contributed by atoms with Crippen molar-refractivity contribution in [2.24, 2.45) is 11.1 Å². The largest absolute Gasteiger partial charge is 0.493 e. The molecule has 0 unspecified atom stereocenters. The standard InChI is InChI=1S/C14H19NO2/c1-11(15-16)13-7-4-8-14(9-13)17-10-12-5-2-3-6-12/h4,7-9,12,16H,2-3,5-6,10H2,1H3. The minimum absolute atomic E-state index is 0.608. The molecule has 0 radical (unpaired) electrons. The van der Waals surface area contributed by atoms with Crippen molar-refractivity contribution in [3.63, 3.8) is 0 Å². The molecule has 0 amide bonds. The molecule has 1 aliphatic rings. The molecule has 0 spiro atoms. The molecule has 1 fully saturated rings. The summed E-state index contributed by atoms with van der Waals surface area (Å²) < 4.78 is 5.79. The first kappa shape index (κ1) is 12.0. The minimum atomic E-state index is 0.608. The topological polar surface area (TPSA) is 41.8 Å². The predicted octanol–water partition coefficient (Wildman–Crippen LogP) is 3.45. The quantitative estimate of drug-likeness (QED) is 0.491. The van der Waals surface area contributed by atoms with Crippen LogP contribution in [0.15, 0.2) is 29.4 Å². The van der Waals surface area contributed by atoms with E-state index < -0.39 is 0 Å². The molecule has 3 heteroatoms. The van der Waals surface area contributed by atoms with Gasteiger partial charge in [0.05, 0.1) is 12.3 Å². The SMILES string of the molecule is CC(=NO)c1cccc(OCC2CCCC2)c1. The monoisotopic (exact) mass is 233 g/mol. The van der Waals surface area contributed by atoms with Gasteiger partial charge in [0, 0.05) is 5.56 Å². The molecule has 1 saturated carbocycles. The highest BCUT2D eigenvalue weighted by atomic mass is 16.5. The van der Waals surface area contributed by atoms with Gasteiger partial charge in [0.2, 0.25) is 0 Å². The van der Waals surface area contributed by atoms with Crippen molar-refractivity contribution in [1.29, 1.82) is 0 Å². The van der Waals surface area contributed by atoms with Crippen molar-refractivity contribution >= 4 is 5.71 Å². The van der Waals surface area contributed by atoms with Gasteiger partial charge in [0.1, 0.15) is 5.75 Å². The third-order valence-electron chi connectivity index (χ3n) is 3.36. The molecule has 0 heterocycles. The van der Waals surface area contributed by atoms with Gasteiger partial charge in [-0.15, -0.1) is 0 Å². The Kier molecular flexibility index (Phi) is 4.02. The Labute approximate surface area is 102 Å². The first-order valence-electron chi connectivity index (χ1n) is 6.21. The Hall–Kier alpha value is -1.51. The fraction of sp³-hybridized carbons (Fsp3) is 0.500. The highest BCUT2D eigenvalue weighted by molar-refractivity contribution is 5.98. The van der Waals surface area contributed by atoms with E-state index in [-0.39, 0.29) is 0 Å². The number of hydrogen-bond acceptors (Lipinski definition) is 3. The molecule has 1 aromatic rings. The van der Waals surface area contributed by atoms with Crippen molar-refractivity contribution in [3.05, 3.63) is 29.8 Å². The molecule has 0 aliphatic heterocycles. The van der Waals surface area contributed by atoms with Crippen LogP contribution in [0.3, 0.4) is 0 Å². The maximum atomic E-state index is 8.73. The van der Waals surface area contributed by atoms with Crippen LogP contribution in [0.4, 0.5) is 0 Å². The lowest BCUT2D eigenvalue weighted by atomic mass is 10.1. The van der Waals surface area contributed by atoms with E-state index in [1.807, 2.05) is 24.3 Å². The summed E-state index contributed by atoms with van der Waals surface area (Å²) in [7, 11) is 0. The van der Waals surface area contributed by atoms with E-state index in [1.165, 1.54) is 25.7 Å². The van der Waals surface area contributed by atoms with Crippen LogP contribution in [0.1, 0.15) is 38.2 Å². The smallest absolute Gasteiger partial charge is 0.119 e. The van der Waals surface area contributed by atoms with Crippen molar-refractivity contribution in [1.82, 2.24) is 0 Å². The van der Waals surface area contributed by atoms with Gasteiger partial charge in [-0.05, 0) is 37.8 Å². The Morgan fingerprint density at radius 1 is 1.41 bits per heavy atom. The second kappa shape index (κ2) is 5.71. The molecule has 1 aliphatic carbocycles. The van der Waals surface area contributed by atoms with Crippen molar-refractivity contribution in [3.8, 4) is 5.75 Å². The van der Waals surface area contributed by atoms with Gasteiger partial charge in [-0.3, -0.25) is 0 Å². The van der Waals surface area contributed by atoms with Crippen LogP contribution in [-0.4, -0.2) is 17.5 Å². The third kappa shape index (κ3) is 3.22. The minimum Gasteiger partial charge on any atom is -0.493 e. The summed E-state index contributed by atoms with van der Waals surface area (Å²) in [6, 6.07) is 7.71. The van der Waals surface area contributed by atoms with Gasteiger partial charge in [0.15, 0.2) is 0 Å². The lowest BCUT2D eigenvalue weighted by Gasteiger charge is -2.11. The van der Waals surface area contributed by atoms with Gasteiger partial charge in [0.25, 0.3) is 0 Å². The number of oxime groups is 1. The van der Waals surface area contributed by atoms with Crippen LogP contribution in [0.5, 0.6) is 5.75 Å². The summed E-state index contributed by atoms with van der Waals surface area (Å²) in [5, 5.41) is 11.9. The maximum absolute atomic E-state index is 8.73. The van der Waals surface area contributed by atoms with Gasteiger partial charge >= 0.3 is 0 Å². The second-order valence-electron chi connectivity index (χ2n) is 4.67.